The summed E-state index contributed by atoms with van der Waals surface area (Å²) < 4.78 is 17.2. The van der Waals surface area contributed by atoms with Gasteiger partial charge in [-0.2, -0.15) is 0 Å². The average molecular weight is 344 g/mol. The van der Waals surface area contributed by atoms with Crippen molar-refractivity contribution in [3.05, 3.63) is 35.5 Å². The molecular weight excluding hydrogens is 320 g/mol. The van der Waals surface area contributed by atoms with Gasteiger partial charge in [-0.25, -0.2) is 9.97 Å². The first-order valence-corrected chi connectivity index (χ1v) is 8.82. The zero-order valence-corrected chi connectivity index (χ0v) is 14.8. The number of fused-ring (bicyclic) bond motifs is 1. The van der Waals surface area contributed by atoms with E-state index in [4.69, 9.17) is 14.0 Å². The van der Waals surface area contributed by atoms with Gasteiger partial charge in [0.25, 0.3) is 0 Å². The number of hydrogen-bond donors (Lipinski definition) is 0. The Bertz CT molecular complexity index is 735. The Hall–Kier alpha value is -1.99. The van der Waals surface area contributed by atoms with Crippen molar-refractivity contribution < 1.29 is 14.0 Å². The van der Waals surface area contributed by atoms with Gasteiger partial charge in [0.15, 0.2) is 0 Å². The molecule has 134 valence electrons. The molecule has 0 spiro atoms. The van der Waals surface area contributed by atoms with Crippen molar-refractivity contribution in [3.8, 4) is 6.01 Å². The van der Waals surface area contributed by atoms with Gasteiger partial charge >= 0.3 is 6.01 Å². The summed E-state index contributed by atoms with van der Waals surface area (Å²) in [5.41, 5.74) is 1.88. The molecule has 4 rings (SSSR count). The van der Waals surface area contributed by atoms with Crippen LogP contribution in [0.3, 0.4) is 0 Å². The minimum absolute atomic E-state index is 0.00979. The van der Waals surface area contributed by atoms with Gasteiger partial charge in [-0.1, -0.05) is 5.16 Å². The van der Waals surface area contributed by atoms with Crippen LogP contribution in [0.2, 0.25) is 0 Å². The van der Waals surface area contributed by atoms with Gasteiger partial charge in [-0.05, 0) is 32.8 Å². The van der Waals surface area contributed by atoms with Crippen LogP contribution in [0.25, 0.3) is 0 Å². The van der Waals surface area contributed by atoms with Crippen LogP contribution in [-0.2, 0) is 11.3 Å². The van der Waals surface area contributed by atoms with E-state index in [1.807, 2.05) is 26.0 Å². The molecule has 25 heavy (non-hydrogen) atoms. The SMILES string of the molecule is Cc1ccnc(OC[C@]23CCO[C@H]2CCN(Cc2cc(C)on2)C3)n1. The third-order valence-electron chi connectivity index (χ3n) is 5.17. The number of rotatable bonds is 5. The van der Waals surface area contributed by atoms with Crippen LogP contribution in [0.4, 0.5) is 0 Å². The number of ether oxygens (including phenoxy) is 2. The molecule has 0 unspecified atom stereocenters. The Morgan fingerprint density at radius 1 is 1.40 bits per heavy atom. The van der Waals surface area contributed by atoms with Crippen LogP contribution in [0.5, 0.6) is 6.01 Å². The third-order valence-corrected chi connectivity index (χ3v) is 5.17. The first-order chi connectivity index (χ1) is 12.1. The molecule has 0 aliphatic carbocycles. The molecule has 2 aromatic heterocycles. The van der Waals surface area contributed by atoms with Crippen molar-refractivity contribution in [2.75, 3.05) is 26.3 Å². The summed E-state index contributed by atoms with van der Waals surface area (Å²) in [6, 6.07) is 4.32. The summed E-state index contributed by atoms with van der Waals surface area (Å²) in [6.45, 7) is 7.96. The minimum atomic E-state index is -0.00979. The van der Waals surface area contributed by atoms with E-state index in [2.05, 4.69) is 20.0 Å². The number of likely N-dealkylation sites (tertiary alicyclic amines) is 1. The molecule has 0 radical (unpaired) electrons. The lowest BCUT2D eigenvalue weighted by Crippen LogP contribution is -2.52. The van der Waals surface area contributed by atoms with Gasteiger partial charge in [0.1, 0.15) is 12.4 Å². The Morgan fingerprint density at radius 3 is 3.12 bits per heavy atom. The van der Waals surface area contributed by atoms with E-state index in [1.54, 1.807) is 6.20 Å². The molecule has 0 aromatic carbocycles. The fourth-order valence-electron chi connectivity index (χ4n) is 3.91. The minimum Gasteiger partial charge on any atom is -0.463 e. The number of piperidine rings is 1. The van der Waals surface area contributed by atoms with Crippen molar-refractivity contribution in [1.82, 2.24) is 20.0 Å². The Balaban J connectivity index is 1.45. The highest BCUT2D eigenvalue weighted by atomic mass is 16.5. The predicted molar refractivity (Wildman–Crippen MR) is 90.2 cm³/mol. The monoisotopic (exact) mass is 344 g/mol. The maximum Gasteiger partial charge on any atom is 0.316 e. The van der Waals surface area contributed by atoms with Gasteiger partial charge in [0.05, 0.1) is 11.8 Å². The fourth-order valence-corrected chi connectivity index (χ4v) is 3.91. The second kappa shape index (κ2) is 6.72. The Kier molecular flexibility index (Phi) is 4.43. The van der Waals surface area contributed by atoms with E-state index < -0.39 is 0 Å². The van der Waals surface area contributed by atoms with Crippen LogP contribution < -0.4 is 4.74 Å². The molecule has 2 atom stereocenters. The first-order valence-electron chi connectivity index (χ1n) is 8.82. The summed E-state index contributed by atoms with van der Waals surface area (Å²) in [4.78, 5) is 11.0. The molecule has 7 nitrogen and oxygen atoms in total. The largest absolute Gasteiger partial charge is 0.463 e. The molecule has 2 aliphatic heterocycles. The van der Waals surface area contributed by atoms with E-state index in [9.17, 15) is 0 Å². The number of nitrogens with zero attached hydrogens (tertiary/aromatic N) is 4. The highest BCUT2D eigenvalue weighted by Gasteiger charge is 2.48. The molecule has 0 saturated carbocycles. The van der Waals surface area contributed by atoms with Crippen LogP contribution in [0, 0.1) is 19.3 Å². The van der Waals surface area contributed by atoms with Crippen molar-refractivity contribution in [3.63, 3.8) is 0 Å². The zero-order valence-electron chi connectivity index (χ0n) is 14.8. The molecule has 2 fully saturated rings. The maximum atomic E-state index is 5.99. The van der Waals surface area contributed by atoms with Gasteiger partial charge in [0.2, 0.25) is 0 Å². The lowest BCUT2D eigenvalue weighted by atomic mass is 9.77. The van der Waals surface area contributed by atoms with Crippen LogP contribution in [0.1, 0.15) is 30.0 Å². The lowest BCUT2D eigenvalue weighted by molar-refractivity contribution is -0.0431. The van der Waals surface area contributed by atoms with Crippen molar-refractivity contribution in [2.45, 2.75) is 39.3 Å². The van der Waals surface area contributed by atoms with Gasteiger partial charge < -0.3 is 14.0 Å². The quantitative estimate of drug-likeness (QED) is 0.823. The second-order valence-corrected chi connectivity index (χ2v) is 7.17. The molecule has 0 amide bonds. The highest BCUT2D eigenvalue weighted by molar-refractivity contribution is 5.07. The molecule has 2 aromatic rings. The second-order valence-electron chi connectivity index (χ2n) is 7.17. The summed E-state index contributed by atoms with van der Waals surface area (Å²) >= 11 is 0. The van der Waals surface area contributed by atoms with E-state index in [-0.39, 0.29) is 11.5 Å². The van der Waals surface area contributed by atoms with Gasteiger partial charge in [-0.3, -0.25) is 4.90 Å². The molecule has 0 bridgehead atoms. The number of hydrogen-bond acceptors (Lipinski definition) is 7. The third kappa shape index (κ3) is 3.52. The molecular formula is C18H24N4O3. The molecule has 0 N–H and O–H groups in total. The van der Waals surface area contributed by atoms with E-state index in [0.717, 1.165) is 56.2 Å². The Labute approximate surface area is 147 Å². The maximum absolute atomic E-state index is 5.99. The van der Waals surface area contributed by atoms with Crippen molar-refractivity contribution in [1.29, 1.82) is 0 Å². The van der Waals surface area contributed by atoms with E-state index >= 15 is 0 Å². The lowest BCUT2D eigenvalue weighted by Gasteiger charge is -2.42. The topological polar surface area (TPSA) is 73.5 Å². The summed E-state index contributed by atoms with van der Waals surface area (Å²) in [7, 11) is 0. The van der Waals surface area contributed by atoms with Crippen LogP contribution in [-0.4, -0.2) is 52.4 Å². The standard InChI is InChI=1S/C18H24N4O3/c1-13-3-6-19-17(20-13)24-12-18-5-8-23-16(18)4-7-22(11-18)10-15-9-14(2)25-21-15/h3,6,9,16H,4-5,7-8,10-12H2,1-2H3/t16-,18+/m0/s1. The smallest absolute Gasteiger partial charge is 0.316 e. The zero-order chi connectivity index (χ0) is 17.3. The van der Waals surface area contributed by atoms with E-state index in [1.165, 1.54) is 0 Å². The van der Waals surface area contributed by atoms with Crippen molar-refractivity contribution in [2.24, 2.45) is 5.41 Å². The Morgan fingerprint density at radius 2 is 2.32 bits per heavy atom. The summed E-state index contributed by atoms with van der Waals surface area (Å²) in [6.07, 6.45) is 3.98. The van der Waals surface area contributed by atoms with E-state index in [0.29, 0.717) is 12.6 Å². The number of aromatic nitrogens is 3. The molecule has 4 heterocycles. The predicted octanol–water partition coefficient (Wildman–Crippen LogP) is 2.14. The summed E-state index contributed by atoms with van der Waals surface area (Å²) in [5, 5.41) is 4.12. The van der Waals surface area contributed by atoms with Crippen LogP contribution in [0.15, 0.2) is 22.9 Å². The molecule has 2 saturated heterocycles. The number of aryl methyl sites for hydroxylation is 2. The average Bonchev–Trinajstić information content (AvgIpc) is 3.19. The molecule has 2 aliphatic rings. The first kappa shape index (κ1) is 16.5. The summed E-state index contributed by atoms with van der Waals surface area (Å²) in [5.74, 6) is 0.851. The normalized spacial score (nSPS) is 26.6. The van der Waals surface area contributed by atoms with Crippen molar-refractivity contribution >= 4 is 0 Å². The van der Waals surface area contributed by atoms with Gasteiger partial charge in [0, 0.05) is 49.6 Å². The highest BCUT2D eigenvalue weighted by Crippen LogP contribution is 2.41. The van der Waals surface area contributed by atoms with Gasteiger partial charge in [-0.15, -0.1) is 0 Å². The molecule has 7 heteroatoms. The fraction of sp³-hybridized carbons (Fsp3) is 0.611. The van der Waals surface area contributed by atoms with Crippen LogP contribution >= 0.6 is 0 Å².